The number of nitrogens with one attached hydrogen (secondary N) is 1. The first-order chi connectivity index (χ1) is 10.9. The van der Waals surface area contributed by atoms with Gasteiger partial charge in [-0.2, -0.15) is 5.10 Å². The largest absolute Gasteiger partial charge is 0.353 e. The summed E-state index contributed by atoms with van der Waals surface area (Å²) in [5, 5.41) is 7.45. The Bertz CT molecular complexity index is 663. The lowest BCUT2D eigenvalue weighted by molar-refractivity contribution is -0.121. The molecule has 5 heteroatoms. The van der Waals surface area contributed by atoms with Crippen molar-refractivity contribution in [3.8, 4) is 0 Å². The molecule has 23 heavy (non-hydrogen) atoms. The van der Waals surface area contributed by atoms with Crippen LogP contribution in [0.25, 0.3) is 0 Å². The van der Waals surface area contributed by atoms with Gasteiger partial charge in [0, 0.05) is 42.5 Å². The maximum atomic E-state index is 12.0. The second-order valence-corrected chi connectivity index (χ2v) is 6.20. The zero-order chi connectivity index (χ0) is 16.8. The van der Waals surface area contributed by atoms with E-state index in [2.05, 4.69) is 21.5 Å². The SMILES string of the molecule is Cc1cccc(C[C@@H](C)NC(=O)CCCn2nc(C)cc2C)n1. The Balaban J connectivity index is 1.72. The van der Waals surface area contributed by atoms with Crippen LogP contribution in [0.5, 0.6) is 0 Å². The van der Waals surface area contributed by atoms with E-state index in [1.54, 1.807) is 0 Å². The molecule has 0 aliphatic rings. The molecule has 0 unspecified atom stereocenters. The zero-order valence-electron chi connectivity index (χ0n) is 14.5. The molecule has 2 aromatic heterocycles. The molecule has 124 valence electrons. The summed E-state index contributed by atoms with van der Waals surface area (Å²) < 4.78 is 1.96. The molecule has 0 aliphatic carbocycles. The number of carbonyl (C=O) groups is 1. The Labute approximate surface area is 138 Å². The average Bonchev–Trinajstić information content (AvgIpc) is 2.76. The number of nitrogens with zero attached hydrogens (tertiary/aromatic N) is 3. The minimum absolute atomic E-state index is 0.0884. The van der Waals surface area contributed by atoms with Crippen LogP contribution in [0.2, 0.25) is 0 Å². The first-order valence-corrected chi connectivity index (χ1v) is 8.17. The predicted octanol–water partition coefficient (Wildman–Crippen LogP) is 2.73. The van der Waals surface area contributed by atoms with Crippen LogP contribution in [0.4, 0.5) is 0 Å². The van der Waals surface area contributed by atoms with Gasteiger partial charge in [-0.3, -0.25) is 14.5 Å². The van der Waals surface area contributed by atoms with Crippen molar-refractivity contribution in [1.82, 2.24) is 20.1 Å². The number of aryl methyl sites for hydroxylation is 4. The average molecular weight is 314 g/mol. The van der Waals surface area contributed by atoms with E-state index in [-0.39, 0.29) is 11.9 Å². The van der Waals surface area contributed by atoms with Crippen LogP contribution in [0.1, 0.15) is 42.5 Å². The second kappa shape index (κ2) is 7.90. The van der Waals surface area contributed by atoms with Crippen LogP contribution in [-0.4, -0.2) is 26.7 Å². The van der Waals surface area contributed by atoms with Gasteiger partial charge in [0.15, 0.2) is 0 Å². The zero-order valence-corrected chi connectivity index (χ0v) is 14.5. The molecule has 0 aromatic carbocycles. The van der Waals surface area contributed by atoms with Crippen LogP contribution >= 0.6 is 0 Å². The minimum atomic E-state index is 0.0884. The Hall–Kier alpha value is -2.17. The van der Waals surface area contributed by atoms with Gasteiger partial charge in [-0.15, -0.1) is 0 Å². The van der Waals surface area contributed by atoms with Crippen molar-refractivity contribution in [2.24, 2.45) is 0 Å². The number of carbonyl (C=O) groups excluding carboxylic acids is 1. The van der Waals surface area contributed by atoms with Crippen LogP contribution in [0.3, 0.4) is 0 Å². The molecule has 1 amide bonds. The quantitative estimate of drug-likeness (QED) is 0.855. The first kappa shape index (κ1) is 17.2. The maximum Gasteiger partial charge on any atom is 0.220 e. The molecule has 0 saturated heterocycles. The molecule has 2 aromatic rings. The van der Waals surface area contributed by atoms with Gasteiger partial charge in [0.25, 0.3) is 0 Å². The Kier molecular flexibility index (Phi) is 5.90. The van der Waals surface area contributed by atoms with E-state index in [4.69, 9.17) is 0 Å². The lowest BCUT2D eigenvalue weighted by atomic mass is 10.1. The summed E-state index contributed by atoms with van der Waals surface area (Å²) in [4.78, 5) is 16.5. The highest BCUT2D eigenvalue weighted by atomic mass is 16.1. The van der Waals surface area contributed by atoms with Crippen molar-refractivity contribution < 1.29 is 4.79 Å². The molecule has 0 spiro atoms. The van der Waals surface area contributed by atoms with Gasteiger partial charge in [-0.1, -0.05) is 6.07 Å². The number of rotatable bonds is 7. The van der Waals surface area contributed by atoms with E-state index in [1.165, 1.54) is 0 Å². The summed E-state index contributed by atoms with van der Waals surface area (Å²) in [7, 11) is 0. The van der Waals surface area contributed by atoms with Crippen molar-refractivity contribution in [3.63, 3.8) is 0 Å². The molecule has 2 rings (SSSR count). The third-order valence-corrected chi connectivity index (χ3v) is 3.75. The number of amides is 1. The Morgan fingerprint density at radius 1 is 1.26 bits per heavy atom. The fourth-order valence-corrected chi connectivity index (χ4v) is 2.72. The highest BCUT2D eigenvalue weighted by Gasteiger charge is 2.09. The molecular weight excluding hydrogens is 288 g/mol. The fourth-order valence-electron chi connectivity index (χ4n) is 2.72. The molecule has 1 N–H and O–H groups in total. The standard InChI is InChI=1S/C18H26N4O/c1-13-7-5-8-17(19-13)12-14(2)20-18(23)9-6-10-22-16(4)11-15(3)21-22/h5,7-8,11,14H,6,9-10,12H2,1-4H3,(H,20,23)/t14-/m1/s1. The van der Waals surface area contributed by atoms with E-state index >= 15 is 0 Å². The molecule has 2 heterocycles. The molecule has 1 atom stereocenters. The van der Waals surface area contributed by atoms with E-state index in [0.717, 1.165) is 42.2 Å². The number of pyridine rings is 1. The van der Waals surface area contributed by atoms with Gasteiger partial charge in [-0.05, 0) is 52.3 Å². The Morgan fingerprint density at radius 3 is 2.70 bits per heavy atom. The monoisotopic (exact) mass is 314 g/mol. The number of hydrogen-bond acceptors (Lipinski definition) is 3. The van der Waals surface area contributed by atoms with E-state index in [0.29, 0.717) is 6.42 Å². The molecule has 0 bridgehead atoms. The second-order valence-electron chi connectivity index (χ2n) is 6.20. The summed E-state index contributed by atoms with van der Waals surface area (Å²) in [6, 6.07) is 8.12. The molecule has 0 aliphatic heterocycles. The first-order valence-electron chi connectivity index (χ1n) is 8.17. The summed E-state index contributed by atoms with van der Waals surface area (Å²) in [5.41, 5.74) is 4.18. The smallest absolute Gasteiger partial charge is 0.220 e. The van der Waals surface area contributed by atoms with Gasteiger partial charge in [-0.25, -0.2) is 0 Å². The van der Waals surface area contributed by atoms with Gasteiger partial charge >= 0.3 is 0 Å². The highest BCUT2D eigenvalue weighted by Crippen LogP contribution is 2.05. The topological polar surface area (TPSA) is 59.8 Å². The lowest BCUT2D eigenvalue weighted by Crippen LogP contribution is -2.34. The van der Waals surface area contributed by atoms with Crippen LogP contribution < -0.4 is 5.32 Å². The maximum absolute atomic E-state index is 12.0. The lowest BCUT2D eigenvalue weighted by Gasteiger charge is -2.14. The Morgan fingerprint density at radius 2 is 2.04 bits per heavy atom. The van der Waals surface area contributed by atoms with Crippen molar-refractivity contribution in [2.45, 2.75) is 59.5 Å². The summed E-state index contributed by atoms with van der Waals surface area (Å²) in [5.74, 6) is 0.0895. The van der Waals surface area contributed by atoms with Crippen LogP contribution in [0.15, 0.2) is 24.3 Å². The van der Waals surface area contributed by atoms with Crippen LogP contribution in [0, 0.1) is 20.8 Å². The van der Waals surface area contributed by atoms with Crippen molar-refractivity contribution in [2.75, 3.05) is 0 Å². The summed E-state index contributed by atoms with van der Waals surface area (Å²) in [6.45, 7) is 8.80. The van der Waals surface area contributed by atoms with Crippen molar-refractivity contribution >= 4 is 5.91 Å². The highest BCUT2D eigenvalue weighted by molar-refractivity contribution is 5.76. The summed E-state index contributed by atoms with van der Waals surface area (Å²) >= 11 is 0. The summed E-state index contributed by atoms with van der Waals surface area (Å²) in [6.07, 6.45) is 2.07. The van der Waals surface area contributed by atoms with Gasteiger partial charge in [0.1, 0.15) is 0 Å². The third-order valence-electron chi connectivity index (χ3n) is 3.75. The third kappa shape index (κ3) is 5.51. The number of aromatic nitrogens is 3. The van der Waals surface area contributed by atoms with Crippen molar-refractivity contribution in [1.29, 1.82) is 0 Å². The van der Waals surface area contributed by atoms with E-state index in [1.807, 2.05) is 50.6 Å². The van der Waals surface area contributed by atoms with Crippen molar-refractivity contribution in [3.05, 3.63) is 47.0 Å². The predicted molar refractivity (Wildman–Crippen MR) is 91.2 cm³/mol. The number of hydrogen-bond donors (Lipinski definition) is 1. The van der Waals surface area contributed by atoms with E-state index < -0.39 is 0 Å². The van der Waals surface area contributed by atoms with Gasteiger partial charge < -0.3 is 5.32 Å². The molecule has 0 radical (unpaired) electrons. The molecule has 0 fully saturated rings. The molecular formula is C18H26N4O. The van der Waals surface area contributed by atoms with Crippen LogP contribution in [-0.2, 0) is 17.8 Å². The molecule has 0 saturated carbocycles. The van der Waals surface area contributed by atoms with Gasteiger partial charge in [0.2, 0.25) is 5.91 Å². The van der Waals surface area contributed by atoms with E-state index in [9.17, 15) is 4.79 Å². The minimum Gasteiger partial charge on any atom is -0.353 e. The normalized spacial score (nSPS) is 12.2. The van der Waals surface area contributed by atoms with Gasteiger partial charge in [0.05, 0.1) is 5.69 Å². The molecule has 5 nitrogen and oxygen atoms in total. The fraction of sp³-hybridized carbons (Fsp3) is 0.500.